The third-order valence-corrected chi connectivity index (χ3v) is 3.57. The molecule has 1 unspecified atom stereocenters. The maximum Gasteiger partial charge on any atom is 0.304 e. The van der Waals surface area contributed by atoms with E-state index >= 15 is 0 Å². The Hall–Kier alpha value is -0.610. The van der Waals surface area contributed by atoms with Crippen LogP contribution >= 0.6 is 0 Å². The van der Waals surface area contributed by atoms with Gasteiger partial charge in [0.05, 0.1) is 6.42 Å². The van der Waals surface area contributed by atoms with Crippen LogP contribution in [0.1, 0.15) is 32.1 Å². The fourth-order valence-corrected chi connectivity index (χ4v) is 2.51. The van der Waals surface area contributed by atoms with Crippen molar-refractivity contribution in [3.8, 4) is 0 Å². The molecule has 2 aliphatic rings. The van der Waals surface area contributed by atoms with E-state index in [9.17, 15) is 4.79 Å². The quantitative estimate of drug-likeness (QED) is 0.707. The van der Waals surface area contributed by atoms with E-state index in [1.165, 1.54) is 25.7 Å². The van der Waals surface area contributed by atoms with Crippen molar-refractivity contribution in [2.75, 3.05) is 26.2 Å². The lowest BCUT2D eigenvalue weighted by atomic mass is 9.99. The molecular formula is C12H22N2O2. The third-order valence-electron chi connectivity index (χ3n) is 3.57. The molecule has 0 aromatic carbocycles. The SMILES string of the molecule is O=C(O)CCN(CC1CCCNC1)C1CC1. The van der Waals surface area contributed by atoms with Gasteiger partial charge in [-0.3, -0.25) is 9.69 Å². The number of rotatable bonds is 6. The molecule has 0 spiro atoms. The Morgan fingerprint density at radius 3 is 2.75 bits per heavy atom. The number of carboxylic acids is 1. The van der Waals surface area contributed by atoms with Crippen LogP contribution in [-0.2, 0) is 4.79 Å². The summed E-state index contributed by atoms with van der Waals surface area (Å²) in [6, 6.07) is 0.682. The highest BCUT2D eigenvalue weighted by atomic mass is 16.4. The van der Waals surface area contributed by atoms with Gasteiger partial charge in [0, 0.05) is 19.1 Å². The summed E-state index contributed by atoms with van der Waals surface area (Å²) in [5, 5.41) is 12.2. The molecule has 4 heteroatoms. The van der Waals surface area contributed by atoms with Crippen LogP contribution in [-0.4, -0.2) is 48.2 Å². The first-order chi connectivity index (χ1) is 7.75. The van der Waals surface area contributed by atoms with Gasteiger partial charge in [0.25, 0.3) is 0 Å². The lowest BCUT2D eigenvalue weighted by molar-refractivity contribution is -0.137. The van der Waals surface area contributed by atoms with Crippen LogP contribution in [0.25, 0.3) is 0 Å². The van der Waals surface area contributed by atoms with E-state index in [1.54, 1.807) is 0 Å². The van der Waals surface area contributed by atoms with Gasteiger partial charge in [-0.15, -0.1) is 0 Å². The number of carbonyl (C=O) groups is 1. The molecule has 1 aliphatic carbocycles. The molecule has 2 fully saturated rings. The van der Waals surface area contributed by atoms with E-state index in [-0.39, 0.29) is 6.42 Å². The van der Waals surface area contributed by atoms with E-state index in [0.717, 1.165) is 32.1 Å². The van der Waals surface area contributed by atoms with Crippen molar-refractivity contribution in [2.24, 2.45) is 5.92 Å². The summed E-state index contributed by atoms with van der Waals surface area (Å²) in [6.07, 6.45) is 5.38. The molecular weight excluding hydrogens is 204 g/mol. The molecule has 0 bridgehead atoms. The van der Waals surface area contributed by atoms with Gasteiger partial charge in [-0.25, -0.2) is 0 Å². The first-order valence-corrected chi connectivity index (χ1v) is 6.42. The van der Waals surface area contributed by atoms with Gasteiger partial charge in [0.15, 0.2) is 0 Å². The zero-order valence-corrected chi connectivity index (χ0v) is 9.82. The van der Waals surface area contributed by atoms with Gasteiger partial charge in [-0.05, 0) is 44.7 Å². The molecule has 2 N–H and O–H groups in total. The van der Waals surface area contributed by atoms with E-state index < -0.39 is 5.97 Å². The molecule has 1 saturated heterocycles. The standard InChI is InChI=1S/C12H22N2O2/c15-12(16)5-7-14(11-3-4-11)9-10-2-1-6-13-8-10/h10-11,13H,1-9H2,(H,15,16). The number of hydrogen-bond acceptors (Lipinski definition) is 3. The minimum absolute atomic E-state index is 0.288. The Morgan fingerprint density at radius 2 is 2.19 bits per heavy atom. The van der Waals surface area contributed by atoms with Crippen LogP contribution in [0.5, 0.6) is 0 Å². The highest BCUT2D eigenvalue weighted by molar-refractivity contribution is 5.66. The van der Waals surface area contributed by atoms with Crippen LogP contribution in [0.4, 0.5) is 0 Å². The lowest BCUT2D eigenvalue weighted by Gasteiger charge is -2.29. The highest BCUT2D eigenvalue weighted by Gasteiger charge is 2.30. The van der Waals surface area contributed by atoms with E-state index in [1.807, 2.05) is 0 Å². The number of hydrogen-bond donors (Lipinski definition) is 2. The monoisotopic (exact) mass is 226 g/mol. The molecule has 4 nitrogen and oxygen atoms in total. The number of nitrogens with one attached hydrogen (secondary N) is 1. The number of piperidine rings is 1. The molecule has 0 aromatic rings. The molecule has 1 atom stereocenters. The second-order valence-corrected chi connectivity index (χ2v) is 5.08. The topological polar surface area (TPSA) is 52.6 Å². The molecule has 16 heavy (non-hydrogen) atoms. The van der Waals surface area contributed by atoms with Crippen molar-refractivity contribution < 1.29 is 9.90 Å². The third kappa shape index (κ3) is 3.76. The summed E-state index contributed by atoms with van der Waals surface area (Å²) in [7, 11) is 0. The molecule has 1 saturated carbocycles. The Kier molecular flexibility index (Phi) is 4.18. The minimum atomic E-state index is -0.674. The van der Waals surface area contributed by atoms with Gasteiger partial charge >= 0.3 is 5.97 Å². The summed E-state index contributed by atoms with van der Waals surface area (Å²) in [4.78, 5) is 13.0. The maximum absolute atomic E-state index is 10.6. The Morgan fingerprint density at radius 1 is 1.38 bits per heavy atom. The summed E-state index contributed by atoms with van der Waals surface area (Å²) in [5.41, 5.74) is 0. The molecule has 0 amide bonds. The van der Waals surface area contributed by atoms with Crippen molar-refractivity contribution >= 4 is 5.97 Å². The van der Waals surface area contributed by atoms with Crippen molar-refractivity contribution in [1.82, 2.24) is 10.2 Å². The van der Waals surface area contributed by atoms with Crippen molar-refractivity contribution in [3.63, 3.8) is 0 Å². The van der Waals surface area contributed by atoms with Crippen LogP contribution in [0.15, 0.2) is 0 Å². The average molecular weight is 226 g/mol. The van der Waals surface area contributed by atoms with Gasteiger partial charge in [0.1, 0.15) is 0 Å². The maximum atomic E-state index is 10.6. The van der Waals surface area contributed by atoms with Gasteiger partial charge < -0.3 is 10.4 Å². The predicted molar refractivity (Wildman–Crippen MR) is 62.4 cm³/mol. The Bertz CT molecular complexity index is 235. The number of nitrogens with zero attached hydrogens (tertiary/aromatic N) is 1. The van der Waals surface area contributed by atoms with Gasteiger partial charge in [-0.1, -0.05) is 0 Å². The fourth-order valence-electron chi connectivity index (χ4n) is 2.51. The normalized spacial score (nSPS) is 25.9. The Labute approximate surface area is 97.0 Å². The minimum Gasteiger partial charge on any atom is -0.481 e. The van der Waals surface area contributed by atoms with Crippen LogP contribution in [0, 0.1) is 5.92 Å². The van der Waals surface area contributed by atoms with Crippen molar-refractivity contribution in [1.29, 1.82) is 0 Å². The summed E-state index contributed by atoms with van der Waals surface area (Å²) in [5.74, 6) is 0.0514. The fraction of sp³-hybridized carbons (Fsp3) is 0.917. The Balaban J connectivity index is 1.75. The van der Waals surface area contributed by atoms with Gasteiger partial charge in [-0.2, -0.15) is 0 Å². The highest BCUT2D eigenvalue weighted by Crippen LogP contribution is 2.28. The zero-order chi connectivity index (χ0) is 11.4. The zero-order valence-electron chi connectivity index (χ0n) is 9.82. The molecule has 0 aromatic heterocycles. The largest absolute Gasteiger partial charge is 0.481 e. The first kappa shape index (κ1) is 11.9. The summed E-state index contributed by atoms with van der Waals surface area (Å²) >= 11 is 0. The molecule has 92 valence electrons. The number of aliphatic carboxylic acids is 1. The second kappa shape index (κ2) is 5.64. The van der Waals surface area contributed by atoms with Gasteiger partial charge in [0.2, 0.25) is 0 Å². The molecule has 1 heterocycles. The predicted octanol–water partition coefficient (Wildman–Crippen LogP) is 0.925. The summed E-state index contributed by atoms with van der Waals surface area (Å²) < 4.78 is 0. The molecule has 1 aliphatic heterocycles. The van der Waals surface area contributed by atoms with E-state index in [0.29, 0.717) is 6.04 Å². The van der Waals surface area contributed by atoms with Crippen LogP contribution in [0.2, 0.25) is 0 Å². The smallest absolute Gasteiger partial charge is 0.304 e. The number of carboxylic acid groups (broad SMARTS) is 1. The van der Waals surface area contributed by atoms with Crippen LogP contribution < -0.4 is 5.32 Å². The van der Waals surface area contributed by atoms with E-state index in [2.05, 4.69) is 10.2 Å². The second-order valence-electron chi connectivity index (χ2n) is 5.08. The van der Waals surface area contributed by atoms with Crippen molar-refractivity contribution in [2.45, 2.75) is 38.1 Å². The summed E-state index contributed by atoms with van der Waals surface area (Å²) in [6.45, 7) is 4.08. The molecule has 0 radical (unpaired) electrons. The van der Waals surface area contributed by atoms with Crippen LogP contribution in [0.3, 0.4) is 0 Å². The molecule has 2 rings (SSSR count). The first-order valence-electron chi connectivity index (χ1n) is 6.42. The van der Waals surface area contributed by atoms with E-state index in [4.69, 9.17) is 5.11 Å². The average Bonchev–Trinajstić information content (AvgIpc) is 3.09. The lowest BCUT2D eigenvalue weighted by Crippen LogP contribution is -2.40. The van der Waals surface area contributed by atoms with Crippen molar-refractivity contribution in [3.05, 3.63) is 0 Å².